The Balaban J connectivity index is 0.973. The molecule has 12 heteroatoms. The SMILES string of the molecule is CCCCOC(=O)[C@H](C)NP(=O)(Cc1ccc2ccc(C(=O)N[C@H]3CCCC[C@H]4CC[C@@H](C(=O)N5CC(c6ccccc6)CC56CC6)N4C3=O)cc2c1)Oc1ccccc1. The molecule has 4 aromatic carbocycles. The number of unbranched alkanes of at least 4 members (excludes halogenated alkanes) is 1. The van der Waals surface area contributed by atoms with Crippen molar-refractivity contribution in [1.29, 1.82) is 0 Å². The van der Waals surface area contributed by atoms with Crippen LogP contribution in [0.1, 0.15) is 112 Å². The maximum absolute atomic E-state index is 14.5. The number of esters is 1. The van der Waals surface area contributed by atoms with E-state index < -0.39 is 31.6 Å². The van der Waals surface area contributed by atoms with Crippen molar-refractivity contribution in [3.63, 3.8) is 0 Å². The van der Waals surface area contributed by atoms with E-state index >= 15 is 0 Å². The molecule has 3 aliphatic heterocycles. The van der Waals surface area contributed by atoms with Crippen LogP contribution in [0, 0.1) is 0 Å². The van der Waals surface area contributed by atoms with Crippen molar-refractivity contribution in [1.82, 2.24) is 20.2 Å². The molecule has 6 atom stereocenters. The number of nitrogens with one attached hydrogen (secondary N) is 2. The molecular weight excluding hydrogens is 776 g/mol. The molecule has 11 nitrogen and oxygen atoms in total. The van der Waals surface area contributed by atoms with Gasteiger partial charge in [-0.15, -0.1) is 0 Å². The van der Waals surface area contributed by atoms with Crippen LogP contribution in [0.5, 0.6) is 5.75 Å². The Labute approximate surface area is 353 Å². The molecule has 60 heavy (non-hydrogen) atoms. The van der Waals surface area contributed by atoms with Gasteiger partial charge in [-0.05, 0) is 104 Å². The molecule has 4 aliphatic rings. The fourth-order valence-corrected chi connectivity index (χ4v) is 11.6. The van der Waals surface area contributed by atoms with Gasteiger partial charge in [-0.1, -0.05) is 99.0 Å². The van der Waals surface area contributed by atoms with Crippen LogP contribution in [0.4, 0.5) is 0 Å². The highest BCUT2D eigenvalue weighted by atomic mass is 31.2. The topological polar surface area (TPSA) is 134 Å². The number of hydrogen-bond donors (Lipinski definition) is 2. The van der Waals surface area contributed by atoms with Crippen LogP contribution in [0.25, 0.3) is 10.8 Å². The van der Waals surface area contributed by atoms with Gasteiger partial charge in [-0.25, -0.2) is 5.09 Å². The van der Waals surface area contributed by atoms with Gasteiger partial charge in [-0.3, -0.25) is 23.7 Å². The number of amides is 3. The lowest BCUT2D eigenvalue weighted by Gasteiger charge is -2.37. The number of carbonyl (C=O) groups is 4. The second-order valence-electron chi connectivity index (χ2n) is 17.3. The van der Waals surface area contributed by atoms with E-state index in [2.05, 4.69) is 39.6 Å². The first kappa shape index (κ1) is 41.7. The number of ether oxygens (including phenoxy) is 1. The molecular formula is C48H57N4O7P. The highest BCUT2D eigenvalue weighted by molar-refractivity contribution is 7.56. The summed E-state index contributed by atoms with van der Waals surface area (Å²) in [6, 6.07) is 28.1. The zero-order chi connectivity index (χ0) is 41.9. The quantitative estimate of drug-likeness (QED) is 0.0734. The van der Waals surface area contributed by atoms with Crippen LogP contribution in [-0.2, 0) is 29.8 Å². The third-order valence-corrected chi connectivity index (χ3v) is 15.0. The van der Waals surface area contributed by atoms with E-state index in [1.54, 1.807) is 43.3 Å². The van der Waals surface area contributed by atoms with E-state index in [0.717, 1.165) is 68.6 Å². The molecule has 4 fully saturated rings. The lowest BCUT2D eigenvalue weighted by Crippen LogP contribution is -2.57. The first-order valence-electron chi connectivity index (χ1n) is 21.8. The van der Waals surface area contributed by atoms with Gasteiger partial charge in [0.25, 0.3) is 5.91 Å². The van der Waals surface area contributed by atoms with E-state index in [1.807, 2.05) is 48.2 Å². The third-order valence-electron chi connectivity index (χ3n) is 12.9. The monoisotopic (exact) mass is 832 g/mol. The molecule has 0 bridgehead atoms. The molecule has 3 amide bonds. The summed E-state index contributed by atoms with van der Waals surface area (Å²) >= 11 is 0. The molecule has 8 rings (SSSR count). The van der Waals surface area contributed by atoms with E-state index in [4.69, 9.17) is 9.26 Å². The highest BCUT2D eigenvalue weighted by Gasteiger charge is 2.58. The minimum atomic E-state index is -3.71. The van der Waals surface area contributed by atoms with Crippen molar-refractivity contribution >= 4 is 42.0 Å². The summed E-state index contributed by atoms with van der Waals surface area (Å²) in [5.41, 5.74) is 2.24. The molecule has 2 unspecified atom stereocenters. The van der Waals surface area contributed by atoms with Crippen molar-refractivity contribution in [3.8, 4) is 5.75 Å². The molecule has 0 radical (unpaired) electrons. The Morgan fingerprint density at radius 2 is 1.62 bits per heavy atom. The van der Waals surface area contributed by atoms with Crippen molar-refractivity contribution in [2.45, 2.75) is 126 Å². The van der Waals surface area contributed by atoms with E-state index in [0.29, 0.717) is 42.2 Å². The fraction of sp³-hybridized carbons (Fsp3) is 0.458. The Kier molecular flexibility index (Phi) is 12.5. The van der Waals surface area contributed by atoms with Crippen molar-refractivity contribution < 1.29 is 33.0 Å². The smallest absolute Gasteiger partial charge is 0.323 e. The Morgan fingerprint density at radius 3 is 2.37 bits per heavy atom. The zero-order valence-corrected chi connectivity index (χ0v) is 35.6. The van der Waals surface area contributed by atoms with E-state index in [-0.39, 0.29) is 42.1 Å². The number of fused-ring (bicyclic) bond motifs is 2. The van der Waals surface area contributed by atoms with Gasteiger partial charge in [0.2, 0.25) is 11.8 Å². The number of likely N-dealkylation sites (tertiary alicyclic amines) is 1. The van der Waals surface area contributed by atoms with Crippen molar-refractivity contribution in [3.05, 3.63) is 114 Å². The molecule has 2 N–H and O–H groups in total. The maximum atomic E-state index is 14.5. The summed E-state index contributed by atoms with van der Waals surface area (Å²) in [5.74, 6) is -0.277. The number of rotatable bonds is 14. The van der Waals surface area contributed by atoms with Crippen LogP contribution < -0.4 is 14.9 Å². The van der Waals surface area contributed by atoms with Gasteiger partial charge in [0.05, 0.1) is 12.8 Å². The molecule has 1 aliphatic carbocycles. The Morgan fingerprint density at radius 1 is 0.883 bits per heavy atom. The van der Waals surface area contributed by atoms with Gasteiger partial charge in [0.15, 0.2) is 0 Å². The summed E-state index contributed by atoms with van der Waals surface area (Å²) in [4.78, 5) is 59.7. The molecule has 0 aromatic heterocycles. The summed E-state index contributed by atoms with van der Waals surface area (Å²) < 4.78 is 25.9. The molecule has 3 heterocycles. The average Bonchev–Trinajstić information content (AvgIpc) is 3.74. The van der Waals surface area contributed by atoms with Crippen molar-refractivity contribution in [2.24, 2.45) is 0 Å². The predicted molar refractivity (Wildman–Crippen MR) is 232 cm³/mol. The van der Waals surface area contributed by atoms with Crippen LogP contribution in [0.2, 0.25) is 0 Å². The first-order valence-corrected chi connectivity index (χ1v) is 23.7. The number of carbonyl (C=O) groups excluding carboxylic acids is 4. The summed E-state index contributed by atoms with van der Waals surface area (Å²) in [5, 5.41) is 7.65. The lowest BCUT2D eigenvalue weighted by molar-refractivity contribution is -0.148. The summed E-state index contributed by atoms with van der Waals surface area (Å²) in [6.45, 7) is 4.59. The van der Waals surface area contributed by atoms with Crippen LogP contribution in [0.15, 0.2) is 97.1 Å². The van der Waals surface area contributed by atoms with Gasteiger partial charge in [0, 0.05) is 29.6 Å². The molecule has 1 saturated carbocycles. The Bertz CT molecular complexity index is 2250. The number of nitrogens with zero attached hydrogens (tertiary/aromatic N) is 2. The highest BCUT2D eigenvalue weighted by Crippen LogP contribution is 2.55. The van der Waals surface area contributed by atoms with Gasteiger partial charge < -0.3 is 24.4 Å². The molecule has 316 valence electrons. The second kappa shape index (κ2) is 17.9. The van der Waals surface area contributed by atoms with Crippen LogP contribution >= 0.6 is 7.52 Å². The predicted octanol–water partition coefficient (Wildman–Crippen LogP) is 8.51. The lowest BCUT2D eigenvalue weighted by atomic mass is 9.96. The molecule has 4 aromatic rings. The third kappa shape index (κ3) is 9.18. The normalized spacial score (nSPS) is 23.6. The first-order chi connectivity index (χ1) is 29.0. The summed E-state index contributed by atoms with van der Waals surface area (Å²) in [7, 11) is -3.71. The minimum Gasteiger partial charge on any atom is -0.465 e. The van der Waals surface area contributed by atoms with Gasteiger partial charge >= 0.3 is 13.5 Å². The van der Waals surface area contributed by atoms with Crippen LogP contribution in [-0.4, -0.2) is 76.3 Å². The van der Waals surface area contributed by atoms with E-state index in [9.17, 15) is 23.7 Å². The second-order valence-corrected chi connectivity index (χ2v) is 19.4. The zero-order valence-electron chi connectivity index (χ0n) is 34.7. The summed E-state index contributed by atoms with van der Waals surface area (Å²) in [6.07, 6.45) is 9.10. The van der Waals surface area contributed by atoms with Gasteiger partial charge in [-0.2, -0.15) is 0 Å². The largest absolute Gasteiger partial charge is 0.465 e. The van der Waals surface area contributed by atoms with Crippen molar-refractivity contribution in [2.75, 3.05) is 13.2 Å². The van der Waals surface area contributed by atoms with E-state index in [1.165, 1.54) is 5.56 Å². The minimum absolute atomic E-state index is 0.0149. The fourth-order valence-electron chi connectivity index (χ4n) is 9.59. The maximum Gasteiger partial charge on any atom is 0.323 e. The average molecular weight is 833 g/mol. The number of para-hydroxylation sites is 1. The van der Waals surface area contributed by atoms with Crippen LogP contribution in [0.3, 0.4) is 0 Å². The molecule has 3 saturated heterocycles. The molecule has 1 spiro atoms. The van der Waals surface area contributed by atoms with Gasteiger partial charge in [0.1, 0.15) is 23.9 Å². The number of hydrogen-bond acceptors (Lipinski definition) is 7. The standard InChI is InChI=1S/C48H57N4O7P/c1-3-4-27-58-47(56)33(2)50-60(57,59-41-16-9-6-10-17-41)32-34-19-20-36-21-22-37(29-38(36)28-34)44(53)49-42-18-12-11-15-40-23-24-43(52(40)45(42)54)46(55)51-31-39(30-48(51)25-26-48)35-13-7-5-8-14-35/h5-10,13-14,16-17,19-22,28-29,33,39-40,42-43H,3-4,11-12,15,18,23-27,30-32H2,1-2H3,(H,49,53)(H,50,57)/t33-,39?,40-,42-,43-,60?/m0/s1. The number of benzene rings is 4. The Hall–Kier alpha value is -4.99.